The smallest absolute Gasteiger partial charge is 0.128 e. The van der Waals surface area contributed by atoms with Gasteiger partial charge in [0.1, 0.15) is 5.82 Å². The van der Waals surface area contributed by atoms with Crippen LogP contribution in [0.1, 0.15) is 51.0 Å². The maximum absolute atomic E-state index is 6.02. The minimum atomic E-state index is 0.500. The first-order valence-corrected chi connectivity index (χ1v) is 8.53. The molecule has 1 aromatic rings. The average molecular weight is 285 g/mol. The third kappa shape index (κ3) is 2.21. The van der Waals surface area contributed by atoms with E-state index < -0.39 is 0 Å². The number of nitrogens with zero attached hydrogens (tertiary/aromatic N) is 1. The molecule has 0 amide bonds. The summed E-state index contributed by atoms with van der Waals surface area (Å²) in [4.78, 5) is 4.52. The number of nitrogens with two attached hydrogens (primary N) is 1. The van der Waals surface area contributed by atoms with E-state index in [0.29, 0.717) is 11.5 Å². The molecule has 3 N–H and O–H groups in total. The Hall–Kier alpha value is -1.25. The molecule has 1 heterocycles. The lowest BCUT2D eigenvalue weighted by atomic mass is 9.48. The largest absolute Gasteiger partial charge is 0.398 e. The average Bonchev–Trinajstić information content (AvgIpc) is 2.41. The second-order valence-corrected chi connectivity index (χ2v) is 8.07. The highest BCUT2D eigenvalue weighted by atomic mass is 15.0. The van der Waals surface area contributed by atoms with Crippen molar-refractivity contribution in [2.24, 2.45) is 23.2 Å². The molecule has 4 aliphatic carbocycles. The van der Waals surface area contributed by atoms with Crippen molar-refractivity contribution >= 4 is 11.5 Å². The van der Waals surface area contributed by atoms with E-state index in [-0.39, 0.29) is 0 Å². The zero-order valence-corrected chi connectivity index (χ0v) is 13.2. The number of aryl methyl sites for hydroxylation is 1. The minimum absolute atomic E-state index is 0.500. The van der Waals surface area contributed by atoms with Gasteiger partial charge in [-0.05, 0) is 81.1 Å². The summed E-state index contributed by atoms with van der Waals surface area (Å²) in [5.74, 6) is 3.94. The van der Waals surface area contributed by atoms with Crippen LogP contribution in [0.5, 0.6) is 0 Å². The number of nitrogens with one attached hydrogen (secondary N) is 1. The molecular weight excluding hydrogens is 258 g/mol. The molecule has 3 heteroatoms. The maximum Gasteiger partial charge on any atom is 0.128 e. The lowest BCUT2D eigenvalue weighted by Gasteiger charge is -2.59. The molecule has 4 fully saturated rings. The van der Waals surface area contributed by atoms with E-state index in [4.69, 9.17) is 5.73 Å². The Kier molecular flexibility index (Phi) is 2.95. The summed E-state index contributed by atoms with van der Waals surface area (Å²) in [5.41, 5.74) is 8.43. The molecule has 0 aliphatic heterocycles. The summed E-state index contributed by atoms with van der Waals surface area (Å²) in [5, 5.41) is 3.68. The van der Waals surface area contributed by atoms with Crippen molar-refractivity contribution in [2.45, 2.75) is 58.4 Å². The Morgan fingerprint density at radius 2 is 1.76 bits per heavy atom. The molecule has 3 nitrogen and oxygen atoms in total. The highest BCUT2D eigenvalue weighted by Gasteiger charge is 2.53. The van der Waals surface area contributed by atoms with Crippen molar-refractivity contribution in [2.75, 3.05) is 11.1 Å². The quantitative estimate of drug-likeness (QED) is 0.883. The van der Waals surface area contributed by atoms with E-state index in [2.05, 4.69) is 17.2 Å². The summed E-state index contributed by atoms with van der Waals surface area (Å²) >= 11 is 0. The molecule has 5 rings (SSSR count). The normalized spacial score (nSPS) is 38.5. The first-order valence-electron chi connectivity index (χ1n) is 8.53. The number of aromatic nitrogens is 1. The fourth-order valence-corrected chi connectivity index (χ4v) is 5.70. The molecule has 0 radical (unpaired) electrons. The molecular formula is C18H27N3. The summed E-state index contributed by atoms with van der Waals surface area (Å²) in [6.45, 7) is 4.37. The van der Waals surface area contributed by atoms with Crippen molar-refractivity contribution in [3.8, 4) is 0 Å². The van der Waals surface area contributed by atoms with Crippen molar-refractivity contribution in [3.63, 3.8) is 0 Å². The van der Waals surface area contributed by atoms with Gasteiger partial charge in [-0.15, -0.1) is 0 Å². The fourth-order valence-electron chi connectivity index (χ4n) is 5.70. The van der Waals surface area contributed by atoms with E-state index in [0.717, 1.165) is 34.8 Å². The molecule has 4 bridgehead atoms. The lowest BCUT2D eigenvalue weighted by Crippen LogP contribution is -2.53. The lowest BCUT2D eigenvalue weighted by molar-refractivity contribution is -0.0603. The van der Waals surface area contributed by atoms with Gasteiger partial charge in [-0.1, -0.05) is 0 Å². The molecule has 1 unspecified atom stereocenters. The van der Waals surface area contributed by atoms with Crippen LogP contribution in [0.4, 0.5) is 11.5 Å². The minimum Gasteiger partial charge on any atom is -0.398 e. The van der Waals surface area contributed by atoms with E-state index in [1.807, 2.05) is 19.2 Å². The third-order valence-electron chi connectivity index (χ3n) is 6.51. The van der Waals surface area contributed by atoms with Gasteiger partial charge >= 0.3 is 0 Å². The van der Waals surface area contributed by atoms with Gasteiger partial charge in [0.25, 0.3) is 0 Å². The van der Waals surface area contributed by atoms with Crippen LogP contribution in [0.25, 0.3) is 0 Å². The molecule has 114 valence electrons. The van der Waals surface area contributed by atoms with Gasteiger partial charge in [0.2, 0.25) is 0 Å². The Bertz CT molecular complexity index is 516. The third-order valence-corrected chi connectivity index (χ3v) is 6.51. The number of anilines is 2. The van der Waals surface area contributed by atoms with Crippen LogP contribution in [0.2, 0.25) is 0 Å². The zero-order chi connectivity index (χ0) is 14.6. The fraction of sp³-hybridized carbons (Fsp3) is 0.722. The Balaban J connectivity index is 1.54. The van der Waals surface area contributed by atoms with Gasteiger partial charge in [-0.2, -0.15) is 0 Å². The molecule has 1 aromatic heterocycles. The van der Waals surface area contributed by atoms with Crippen LogP contribution < -0.4 is 11.1 Å². The molecule has 1 atom stereocenters. The Morgan fingerprint density at radius 3 is 2.29 bits per heavy atom. The van der Waals surface area contributed by atoms with Gasteiger partial charge in [0.15, 0.2) is 0 Å². The van der Waals surface area contributed by atoms with E-state index in [1.165, 1.54) is 38.5 Å². The second kappa shape index (κ2) is 4.62. The van der Waals surface area contributed by atoms with E-state index in [1.54, 1.807) is 0 Å². The molecule has 4 saturated carbocycles. The summed E-state index contributed by atoms with van der Waals surface area (Å²) in [7, 11) is 0. The standard InChI is InChI=1S/C18H27N3/c1-11-10-20-17(6-16(11)19)21-12(2)18-7-13-3-14(8-18)5-15(4-13)9-18/h6,10,12-15H,3-5,7-9H2,1-2H3,(H3,19,20,21). The van der Waals surface area contributed by atoms with Gasteiger partial charge in [0.05, 0.1) is 0 Å². The van der Waals surface area contributed by atoms with E-state index >= 15 is 0 Å². The SMILES string of the molecule is Cc1cnc(NC(C)C23CC4CC(CC(C4)C2)C3)cc1N. The van der Waals surface area contributed by atoms with Crippen molar-refractivity contribution < 1.29 is 0 Å². The first kappa shape index (κ1) is 13.4. The van der Waals surface area contributed by atoms with Crippen LogP contribution in [-0.4, -0.2) is 11.0 Å². The topological polar surface area (TPSA) is 50.9 Å². The molecule has 0 spiro atoms. The number of hydrogen-bond acceptors (Lipinski definition) is 3. The van der Waals surface area contributed by atoms with Crippen LogP contribution in [0.3, 0.4) is 0 Å². The Labute approximate surface area is 127 Å². The molecule has 4 aliphatic rings. The number of nitrogen functional groups attached to an aromatic ring is 1. The van der Waals surface area contributed by atoms with Crippen LogP contribution in [0.15, 0.2) is 12.3 Å². The number of pyridine rings is 1. The van der Waals surface area contributed by atoms with Crippen molar-refractivity contribution in [1.82, 2.24) is 4.98 Å². The van der Waals surface area contributed by atoms with Gasteiger partial charge in [-0.25, -0.2) is 4.98 Å². The highest BCUT2D eigenvalue weighted by molar-refractivity contribution is 5.53. The number of hydrogen-bond donors (Lipinski definition) is 2. The zero-order valence-electron chi connectivity index (χ0n) is 13.2. The monoisotopic (exact) mass is 285 g/mol. The van der Waals surface area contributed by atoms with Crippen molar-refractivity contribution in [1.29, 1.82) is 0 Å². The molecule has 0 aromatic carbocycles. The predicted molar refractivity (Wildman–Crippen MR) is 87.1 cm³/mol. The molecule has 0 saturated heterocycles. The predicted octanol–water partition coefficient (Wildman–Crippen LogP) is 3.99. The van der Waals surface area contributed by atoms with Gasteiger partial charge in [0, 0.05) is 24.0 Å². The first-order chi connectivity index (χ1) is 10.0. The highest BCUT2D eigenvalue weighted by Crippen LogP contribution is 2.61. The van der Waals surface area contributed by atoms with Crippen LogP contribution in [-0.2, 0) is 0 Å². The van der Waals surface area contributed by atoms with Gasteiger partial charge < -0.3 is 11.1 Å². The number of rotatable bonds is 3. The second-order valence-electron chi connectivity index (χ2n) is 8.07. The van der Waals surface area contributed by atoms with Crippen molar-refractivity contribution in [3.05, 3.63) is 17.8 Å². The summed E-state index contributed by atoms with van der Waals surface area (Å²) in [6, 6.07) is 2.49. The summed E-state index contributed by atoms with van der Waals surface area (Å²) < 4.78 is 0. The van der Waals surface area contributed by atoms with E-state index in [9.17, 15) is 0 Å². The maximum atomic E-state index is 6.02. The molecule has 21 heavy (non-hydrogen) atoms. The van der Waals surface area contributed by atoms with Crippen LogP contribution in [0, 0.1) is 30.1 Å². The van der Waals surface area contributed by atoms with Gasteiger partial charge in [-0.3, -0.25) is 0 Å². The van der Waals surface area contributed by atoms with Crippen LogP contribution >= 0.6 is 0 Å². The Morgan fingerprint density at radius 1 is 1.19 bits per heavy atom. The summed E-state index contributed by atoms with van der Waals surface area (Å²) in [6.07, 6.45) is 10.7.